The molecular formula is C61H51BN2OS. The van der Waals surface area contributed by atoms with E-state index < -0.39 is 0 Å². The summed E-state index contributed by atoms with van der Waals surface area (Å²) >= 11 is 1.98. The molecule has 4 heterocycles. The van der Waals surface area contributed by atoms with Gasteiger partial charge >= 0.3 is 0 Å². The molecular weight excluding hydrogens is 820 g/mol. The summed E-state index contributed by atoms with van der Waals surface area (Å²) in [6.45, 7) is 18.6. The molecule has 0 unspecified atom stereocenters. The van der Waals surface area contributed by atoms with Crippen molar-refractivity contribution in [3.63, 3.8) is 0 Å². The van der Waals surface area contributed by atoms with E-state index >= 15 is 0 Å². The van der Waals surface area contributed by atoms with Crippen LogP contribution in [0.1, 0.15) is 77.6 Å². The van der Waals surface area contributed by atoms with E-state index in [4.69, 9.17) is 4.42 Å². The highest BCUT2D eigenvalue weighted by molar-refractivity contribution is 7.34. The van der Waals surface area contributed by atoms with Crippen LogP contribution in [0.15, 0.2) is 168 Å². The fourth-order valence-corrected chi connectivity index (χ4v) is 12.9. The zero-order valence-electron chi connectivity index (χ0n) is 38.9. The molecule has 320 valence electrons. The lowest BCUT2D eigenvalue weighted by molar-refractivity contribution is 0.590. The zero-order valence-corrected chi connectivity index (χ0v) is 39.7. The van der Waals surface area contributed by atoms with Crippen LogP contribution in [0.5, 0.6) is 0 Å². The summed E-state index contributed by atoms with van der Waals surface area (Å²) in [5, 5.41) is 3.56. The molecule has 0 fully saturated rings. The van der Waals surface area contributed by atoms with Gasteiger partial charge < -0.3 is 14.2 Å². The van der Waals surface area contributed by atoms with Crippen molar-refractivity contribution in [3.05, 3.63) is 186 Å². The summed E-state index contributed by atoms with van der Waals surface area (Å²) in [6, 6.07) is 61.8. The van der Waals surface area contributed by atoms with Crippen LogP contribution in [0.2, 0.25) is 0 Å². The molecule has 66 heavy (non-hydrogen) atoms. The molecule has 13 rings (SSSR count). The third-order valence-electron chi connectivity index (χ3n) is 15.0. The second-order valence-electron chi connectivity index (χ2n) is 21.3. The minimum absolute atomic E-state index is 0.0596. The van der Waals surface area contributed by atoms with E-state index in [1.165, 1.54) is 81.7 Å². The number of hydrogen-bond acceptors (Lipinski definition) is 4. The van der Waals surface area contributed by atoms with Gasteiger partial charge in [0.15, 0.2) is 5.58 Å². The van der Waals surface area contributed by atoms with Gasteiger partial charge in [-0.1, -0.05) is 158 Å². The maximum atomic E-state index is 6.87. The number of thiophene rings is 1. The SMILES string of the molecule is CC(C)(C)c1ccc(N(c2ccc(C(C)(C)C)cc2)c2ccc3c(c2)-c2cccc4c2B3c2sc3cc5c(cc3c2N4c2cccc3c2oc2ccccc23)-c2ccccc2C5(C)C)cc1. The fourth-order valence-electron chi connectivity index (χ4n) is 11.6. The third kappa shape index (κ3) is 5.56. The van der Waals surface area contributed by atoms with Crippen molar-refractivity contribution in [1.29, 1.82) is 0 Å². The van der Waals surface area contributed by atoms with Crippen LogP contribution in [-0.2, 0) is 16.2 Å². The van der Waals surface area contributed by atoms with E-state index in [0.717, 1.165) is 44.7 Å². The Hall–Kier alpha value is -6.82. The highest BCUT2D eigenvalue weighted by atomic mass is 32.1. The van der Waals surface area contributed by atoms with Crippen molar-refractivity contribution in [2.45, 2.75) is 71.6 Å². The van der Waals surface area contributed by atoms with Gasteiger partial charge in [-0.2, -0.15) is 0 Å². The molecule has 5 heteroatoms. The summed E-state index contributed by atoms with van der Waals surface area (Å²) in [7, 11) is 0. The molecule has 0 atom stereocenters. The normalized spacial score (nSPS) is 14.4. The molecule has 0 radical (unpaired) electrons. The Bertz CT molecular complexity index is 3600. The Kier molecular flexibility index (Phi) is 8.16. The monoisotopic (exact) mass is 870 g/mol. The van der Waals surface area contributed by atoms with Gasteiger partial charge in [-0.3, -0.25) is 0 Å². The first-order chi connectivity index (χ1) is 31.8. The lowest BCUT2D eigenvalue weighted by Crippen LogP contribution is -2.53. The third-order valence-corrected chi connectivity index (χ3v) is 16.2. The number of rotatable bonds is 4. The van der Waals surface area contributed by atoms with Gasteiger partial charge in [-0.25, -0.2) is 0 Å². The molecule has 0 saturated carbocycles. The average molecular weight is 871 g/mol. The number of benzene rings is 8. The Balaban J connectivity index is 1.05. The number of hydrogen-bond donors (Lipinski definition) is 0. The highest BCUT2D eigenvalue weighted by Crippen LogP contribution is 2.54. The van der Waals surface area contributed by atoms with Crippen LogP contribution in [0.25, 0.3) is 54.3 Å². The van der Waals surface area contributed by atoms with Crippen molar-refractivity contribution in [3.8, 4) is 22.3 Å². The molecule has 8 aromatic carbocycles. The minimum Gasteiger partial charge on any atom is -0.454 e. The van der Waals surface area contributed by atoms with Crippen LogP contribution in [0.3, 0.4) is 0 Å². The van der Waals surface area contributed by atoms with Crippen LogP contribution in [0.4, 0.5) is 34.1 Å². The molecule has 0 bridgehead atoms. The van der Waals surface area contributed by atoms with Gasteiger partial charge in [0.05, 0.1) is 11.4 Å². The van der Waals surface area contributed by atoms with Crippen molar-refractivity contribution < 1.29 is 4.42 Å². The first-order valence-corrected chi connectivity index (χ1v) is 24.3. The number of para-hydroxylation sites is 2. The lowest BCUT2D eigenvalue weighted by Gasteiger charge is -2.34. The number of furan rings is 1. The van der Waals surface area contributed by atoms with E-state index in [1.807, 2.05) is 11.3 Å². The van der Waals surface area contributed by atoms with E-state index in [2.05, 4.69) is 229 Å². The Morgan fingerprint density at radius 1 is 0.530 bits per heavy atom. The van der Waals surface area contributed by atoms with Crippen molar-refractivity contribution in [2.24, 2.45) is 0 Å². The highest BCUT2D eigenvalue weighted by Gasteiger charge is 2.46. The second kappa shape index (κ2) is 13.6. The van der Waals surface area contributed by atoms with Gasteiger partial charge in [0.1, 0.15) is 5.58 Å². The predicted octanol–water partition coefficient (Wildman–Crippen LogP) is 15.5. The Labute approximate surface area is 392 Å². The van der Waals surface area contributed by atoms with Gasteiger partial charge in [0, 0.05) is 53.8 Å². The number of fused-ring (bicyclic) bond motifs is 13. The molecule has 10 aromatic rings. The van der Waals surface area contributed by atoms with Gasteiger partial charge in [0.25, 0.3) is 6.71 Å². The molecule has 3 nitrogen and oxygen atoms in total. The Morgan fingerprint density at radius 3 is 1.88 bits per heavy atom. The van der Waals surface area contributed by atoms with Crippen LogP contribution >= 0.6 is 11.3 Å². The smallest absolute Gasteiger partial charge is 0.260 e. The molecule has 2 aliphatic heterocycles. The maximum absolute atomic E-state index is 6.87. The van der Waals surface area contributed by atoms with Crippen LogP contribution < -0.4 is 25.5 Å². The molecule has 3 aliphatic rings. The molecule has 0 saturated heterocycles. The minimum atomic E-state index is -0.0946. The van der Waals surface area contributed by atoms with Gasteiger partial charge in [0.2, 0.25) is 0 Å². The summed E-state index contributed by atoms with van der Waals surface area (Å²) in [5.41, 5.74) is 22.3. The number of nitrogens with zero attached hydrogens (tertiary/aromatic N) is 2. The summed E-state index contributed by atoms with van der Waals surface area (Å²) in [6.07, 6.45) is 0. The average Bonchev–Trinajstić information content (AvgIpc) is 4.03. The van der Waals surface area contributed by atoms with Gasteiger partial charge in [-0.05, 0) is 128 Å². The Morgan fingerprint density at radius 2 is 1.15 bits per heavy atom. The molecule has 1 aliphatic carbocycles. The first-order valence-electron chi connectivity index (χ1n) is 23.5. The van der Waals surface area contributed by atoms with E-state index in [9.17, 15) is 0 Å². The van der Waals surface area contributed by atoms with Crippen molar-refractivity contribution in [2.75, 3.05) is 9.80 Å². The summed E-state index contributed by atoms with van der Waals surface area (Å²) < 4.78 is 9.58. The van der Waals surface area contributed by atoms with Gasteiger partial charge in [-0.15, -0.1) is 11.3 Å². The topological polar surface area (TPSA) is 19.6 Å². The number of anilines is 6. The summed E-state index contributed by atoms with van der Waals surface area (Å²) in [4.78, 5) is 5.00. The fraction of sp³-hybridized carbons (Fsp3) is 0.180. The molecule has 2 aromatic heterocycles. The quantitative estimate of drug-likeness (QED) is 0.164. The lowest BCUT2D eigenvalue weighted by atomic mass is 9.40. The predicted molar refractivity (Wildman–Crippen MR) is 284 cm³/mol. The van der Waals surface area contributed by atoms with E-state index in [0.29, 0.717) is 0 Å². The van der Waals surface area contributed by atoms with Crippen molar-refractivity contribution in [1.82, 2.24) is 0 Å². The van der Waals surface area contributed by atoms with Crippen LogP contribution in [0, 0.1) is 0 Å². The first kappa shape index (κ1) is 39.5. The van der Waals surface area contributed by atoms with E-state index in [1.54, 1.807) is 0 Å². The van der Waals surface area contributed by atoms with Crippen molar-refractivity contribution >= 4 is 99.9 Å². The largest absolute Gasteiger partial charge is 0.454 e. The van der Waals surface area contributed by atoms with E-state index in [-0.39, 0.29) is 23.0 Å². The zero-order chi connectivity index (χ0) is 45.0. The second-order valence-corrected chi connectivity index (χ2v) is 22.4. The summed E-state index contributed by atoms with van der Waals surface area (Å²) in [5.74, 6) is 0. The molecule has 0 amide bonds. The maximum Gasteiger partial charge on any atom is 0.260 e. The van der Waals surface area contributed by atoms with Crippen LogP contribution in [-0.4, -0.2) is 6.71 Å². The molecule has 0 spiro atoms. The standard InChI is InChI=1S/C61H51BN2OS/c1-59(2,3)36-23-27-38(28-24-36)63(39-29-25-37(26-30-39)60(4,5)6)40-31-32-50-46(33-40)43-17-13-20-51-55(43)62(50)58-56(64(51)52-21-14-18-44-42-16-10-12-22-53(42)65-57(44)52)47-34-45-41-15-9-11-19-48(41)61(7,8)49(45)35-54(47)66-58/h9-35H,1-8H3. The molecule has 0 N–H and O–H groups in total.